The van der Waals surface area contributed by atoms with Crippen LogP contribution in [0.4, 0.5) is 13.6 Å². The Morgan fingerprint density at radius 3 is 2.33 bits per heavy atom. The van der Waals surface area contributed by atoms with Crippen LogP contribution in [-0.2, 0) is 21.3 Å². The van der Waals surface area contributed by atoms with Crippen molar-refractivity contribution in [1.29, 1.82) is 0 Å². The third-order valence-electron chi connectivity index (χ3n) is 6.90. The summed E-state index contributed by atoms with van der Waals surface area (Å²) < 4.78 is 54.8. The number of hydrogen-bond donors (Lipinski definition) is 0. The Morgan fingerprint density at radius 2 is 1.72 bits per heavy atom. The predicted octanol–water partition coefficient (Wildman–Crippen LogP) is 5.17. The molecule has 0 unspecified atom stereocenters. The number of ketones is 1. The number of fused-ring (bicyclic) bond motifs is 1. The fourth-order valence-electron chi connectivity index (χ4n) is 4.93. The van der Waals surface area contributed by atoms with Crippen molar-refractivity contribution in [3.8, 4) is 11.8 Å². The van der Waals surface area contributed by atoms with Crippen LogP contribution in [0.25, 0.3) is 11.0 Å². The SMILES string of the molecule is CC(=O)C[C@@H](C)COC1CCC(Oc2nc3c(F)cc(OC4CN(C(=O)OC(C)(C)C)C4)c(F)c3n2C)CC1. The molecule has 1 saturated heterocycles. The van der Waals surface area contributed by atoms with Gasteiger partial charge in [-0.3, -0.25) is 4.57 Å². The highest BCUT2D eigenvalue weighted by Crippen LogP contribution is 2.34. The number of carbonyl (C=O) groups excluding carboxylic acids is 2. The number of imidazole rings is 1. The first-order chi connectivity index (χ1) is 18.3. The lowest BCUT2D eigenvalue weighted by atomic mass is 9.95. The predicted molar refractivity (Wildman–Crippen MR) is 140 cm³/mol. The number of ether oxygens (including phenoxy) is 4. The van der Waals surface area contributed by atoms with E-state index in [2.05, 4.69) is 4.98 Å². The van der Waals surface area contributed by atoms with Gasteiger partial charge < -0.3 is 28.6 Å². The third-order valence-corrected chi connectivity index (χ3v) is 6.90. The van der Waals surface area contributed by atoms with Crippen molar-refractivity contribution in [1.82, 2.24) is 14.5 Å². The molecule has 1 atom stereocenters. The van der Waals surface area contributed by atoms with E-state index < -0.39 is 29.4 Å². The van der Waals surface area contributed by atoms with Crippen LogP contribution in [0.5, 0.6) is 11.8 Å². The maximum atomic E-state index is 15.4. The Morgan fingerprint density at radius 1 is 1.08 bits per heavy atom. The number of Topliss-reactive ketones (excluding diaryl/α,β-unsaturated/α-hetero) is 1. The van der Waals surface area contributed by atoms with Gasteiger partial charge in [0.1, 0.15) is 34.6 Å². The van der Waals surface area contributed by atoms with Gasteiger partial charge in [-0.25, -0.2) is 13.6 Å². The van der Waals surface area contributed by atoms with Crippen molar-refractivity contribution in [2.45, 2.75) is 90.6 Å². The van der Waals surface area contributed by atoms with E-state index in [9.17, 15) is 14.0 Å². The molecule has 2 aliphatic rings. The molecule has 0 spiro atoms. The number of hydrogen-bond acceptors (Lipinski definition) is 7. The van der Waals surface area contributed by atoms with Crippen LogP contribution in [0.3, 0.4) is 0 Å². The zero-order valence-electron chi connectivity index (χ0n) is 23.6. The molecular formula is C28H39F2N3O6. The van der Waals surface area contributed by atoms with Crippen molar-refractivity contribution in [3.63, 3.8) is 0 Å². The van der Waals surface area contributed by atoms with Gasteiger partial charge in [0.2, 0.25) is 0 Å². The van der Waals surface area contributed by atoms with E-state index >= 15 is 4.39 Å². The topological polar surface area (TPSA) is 92.1 Å². The molecule has 1 aliphatic heterocycles. The summed E-state index contributed by atoms with van der Waals surface area (Å²) in [6.45, 7) is 9.90. The van der Waals surface area contributed by atoms with Crippen LogP contribution < -0.4 is 9.47 Å². The first-order valence-electron chi connectivity index (χ1n) is 13.6. The van der Waals surface area contributed by atoms with Crippen LogP contribution in [-0.4, -0.2) is 69.9 Å². The highest BCUT2D eigenvalue weighted by atomic mass is 19.1. The molecule has 216 valence electrons. The van der Waals surface area contributed by atoms with E-state index in [1.807, 2.05) is 6.92 Å². The maximum absolute atomic E-state index is 15.4. The van der Waals surface area contributed by atoms with Crippen molar-refractivity contribution < 1.29 is 37.3 Å². The summed E-state index contributed by atoms with van der Waals surface area (Å²) in [7, 11) is 1.58. The number of aryl methyl sites for hydroxylation is 1. The van der Waals surface area contributed by atoms with Crippen LogP contribution in [0, 0.1) is 17.6 Å². The van der Waals surface area contributed by atoms with Crippen molar-refractivity contribution >= 4 is 22.9 Å². The molecule has 2 heterocycles. The average molecular weight is 552 g/mol. The van der Waals surface area contributed by atoms with Gasteiger partial charge >= 0.3 is 6.09 Å². The summed E-state index contributed by atoms with van der Waals surface area (Å²) >= 11 is 0. The van der Waals surface area contributed by atoms with E-state index in [0.717, 1.165) is 31.7 Å². The quantitative estimate of drug-likeness (QED) is 0.425. The molecule has 1 amide bonds. The standard InChI is InChI=1S/C28H39F2N3O6/c1-16(11-17(2)34)15-36-18-7-9-19(10-8-18)38-26-31-24-21(29)12-22(23(30)25(24)32(26)6)37-20-13-33(14-20)27(35)39-28(3,4)5/h12,16,18-20H,7-11,13-15H2,1-6H3/t16-,18?,19?/m1/s1. The monoisotopic (exact) mass is 551 g/mol. The van der Waals surface area contributed by atoms with E-state index in [4.69, 9.17) is 18.9 Å². The van der Waals surface area contributed by atoms with Crippen LogP contribution in [0.2, 0.25) is 0 Å². The van der Waals surface area contributed by atoms with Crippen LogP contribution >= 0.6 is 0 Å². The normalized spacial score (nSPS) is 21.0. The Balaban J connectivity index is 1.34. The number of nitrogens with zero attached hydrogens (tertiary/aromatic N) is 3. The summed E-state index contributed by atoms with van der Waals surface area (Å²) in [6.07, 6.45) is 2.56. The Kier molecular flexibility index (Phi) is 8.68. The summed E-state index contributed by atoms with van der Waals surface area (Å²) in [5.74, 6) is -1.34. The first-order valence-corrected chi connectivity index (χ1v) is 13.6. The molecule has 1 aromatic heterocycles. The molecule has 1 aromatic carbocycles. The minimum absolute atomic E-state index is 0.0419. The van der Waals surface area contributed by atoms with E-state index in [1.54, 1.807) is 34.7 Å². The second-order valence-corrected chi connectivity index (χ2v) is 11.8. The van der Waals surface area contributed by atoms with E-state index in [1.165, 1.54) is 9.47 Å². The molecule has 0 radical (unpaired) electrons. The number of rotatable bonds is 9. The lowest BCUT2D eigenvalue weighted by Crippen LogP contribution is -2.57. The molecule has 39 heavy (non-hydrogen) atoms. The van der Waals surface area contributed by atoms with E-state index in [0.29, 0.717) is 13.0 Å². The summed E-state index contributed by atoms with van der Waals surface area (Å²) in [6, 6.07) is 1.12. The smallest absolute Gasteiger partial charge is 0.410 e. The molecular weight excluding hydrogens is 512 g/mol. The fraction of sp³-hybridized carbons (Fsp3) is 0.679. The highest BCUT2D eigenvalue weighted by molar-refractivity contribution is 5.80. The van der Waals surface area contributed by atoms with Crippen LogP contribution in [0.15, 0.2) is 6.07 Å². The van der Waals surface area contributed by atoms with Gasteiger partial charge in [0.05, 0.1) is 19.2 Å². The molecule has 0 N–H and O–H groups in total. The zero-order chi connectivity index (χ0) is 28.5. The van der Waals surface area contributed by atoms with E-state index in [-0.39, 0.29) is 59.8 Å². The second kappa shape index (κ2) is 11.7. The average Bonchev–Trinajstić information content (AvgIpc) is 3.13. The van der Waals surface area contributed by atoms with Crippen molar-refractivity contribution in [2.75, 3.05) is 19.7 Å². The third kappa shape index (κ3) is 7.17. The highest BCUT2D eigenvalue weighted by Gasteiger charge is 2.36. The molecule has 4 rings (SSSR count). The number of aromatic nitrogens is 2. The minimum Gasteiger partial charge on any atom is -0.483 e. The molecule has 2 aromatic rings. The number of amides is 1. The van der Waals surface area contributed by atoms with Crippen LogP contribution in [0.1, 0.15) is 66.7 Å². The summed E-state index contributed by atoms with van der Waals surface area (Å²) in [5.41, 5.74) is -0.789. The van der Waals surface area contributed by atoms with Gasteiger partial charge in [0, 0.05) is 26.1 Å². The zero-order valence-corrected chi connectivity index (χ0v) is 23.6. The molecule has 9 nitrogen and oxygen atoms in total. The Labute approximate surface area is 227 Å². The van der Waals surface area contributed by atoms with Gasteiger partial charge in [-0.2, -0.15) is 4.98 Å². The largest absolute Gasteiger partial charge is 0.483 e. The number of likely N-dealkylation sites (tertiary alicyclic amines) is 1. The van der Waals surface area contributed by atoms with Gasteiger partial charge in [-0.05, 0) is 59.3 Å². The lowest BCUT2D eigenvalue weighted by Gasteiger charge is -2.39. The maximum Gasteiger partial charge on any atom is 0.410 e. The van der Waals surface area contributed by atoms with Crippen molar-refractivity contribution in [3.05, 3.63) is 17.7 Å². The van der Waals surface area contributed by atoms with Gasteiger partial charge in [0.15, 0.2) is 17.4 Å². The second-order valence-electron chi connectivity index (χ2n) is 11.8. The molecule has 2 fully saturated rings. The molecule has 0 bridgehead atoms. The van der Waals surface area contributed by atoms with Gasteiger partial charge in [-0.1, -0.05) is 6.92 Å². The molecule has 1 aliphatic carbocycles. The Hall–Kier alpha value is -2.95. The Bertz CT molecular complexity index is 1200. The lowest BCUT2D eigenvalue weighted by molar-refractivity contribution is -0.118. The first kappa shape index (κ1) is 29.0. The number of benzene rings is 1. The summed E-state index contributed by atoms with van der Waals surface area (Å²) in [4.78, 5) is 29.1. The molecule has 11 heteroatoms. The number of carbonyl (C=O) groups is 2. The minimum atomic E-state index is -0.733. The fourth-order valence-corrected chi connectivity index (χ4v) is 4.93. The summed E-state index contributed by atoms with van der Waals surface area (Å²) in [5, 5.41) is 0. The number of halogens is 2. The van der Waals surface area contributed by atoms with Crippen molar-refractivity contribution in [2.24, 2.45) is 13.0 Å². The van der Waals surface area contributed by atoms with Gasteiger partial charge in [-0.15, -0.1) is 0 Å². The molecule has 1 saturated carbocycles. The van der Waals surface area contributed by atoms with Gasteiger partial charge in [0.25, 0.3) is 6.01 Å².